The largest absolute Gasteiger partial charge is 0.507 e. The van der Waals surface area contributed by atoms with E-state index in [1.807, 2.05) is 26.8 Å². The van der Waals surface area contributed by atoms with Crippen molar-refractivity contribution in [3.63, 3.8) is 0 Å². The molecule has 0 aliphatic heterocycles. The van der Waals surface area contributed by atoms with E-state index in [0.29, 0.717) is 12.8 Å². The Morgan fingerprint density at radius 3 is 2.29 bits per heavy atom. The zero-order valence-electron chi connectivity index (χ0n) is 23.5. The maximum atomic E-state index is 14.1. The molecule has 2 unspecified atom stereocenters. The normalized spacial score (nSPS) is 39.0. The van der Waals surface area contributed by atoms with E-state index in [1.165, 1.54) is 6.07 Å². The van der Waals surface area contributed by atoms with Crippen molar-refractivity contribution >= 4 is 17.5 Å². The third kappa shape index (κ3) is 3.86. The molecule has 0 heterocycles. The summed E-state index contributed by atoms with van der Waals surface area (Å²) >= 11 is 0. The molecule has 6 N–H and O–H groups in total. The number of aliphatic hydroxyl groups is 3. The average molecular weight is 530 g/mol. The van der Waals surface area contributed by atoms with Gasteiger partial charge in [0.25, 0.3) is 0 Å². The number of carbonyl (C=O) groups excluding carboxylic acids is 3. The number of nitrogens with two attached hydrogens (primary N) is 1. The summed E-state index contributed by atoms with van der Waals surface area (Å²) in [6.45, 7) is 13.6. The lowest BCUT2D eigenvalue weighted by atomic mass is 9.39. The van der Waals surface area contributed by atoms with E-state index in [2.05, 4.69) is 20.8 Å². The molecule has 8 heteroatoms. The molecule has 3 aliphatic rings. The van der Waals surface area contributed by atoms with Gasteiger partial charge >= 0.3 is 0 Å². The molecule has 0 saturated heterocycles. The minimum atomic E-state index is -2.49. The molecule has 1 amide bonds. The maximum Gasteiger partial charge on any atom is 0.230 e. The summed E-state index contributed by atoms with van der Waals surface area (Å²) < 4.78 is 0. The molecule has 1 aromatic carbocycles. The highest BCUT2D eigenvalue weighted by Crippen LogP contribution is 2.65. The summed E-state index contributed by atoms with van der Waals surface area (Å²) in [6, 6.07) is 3.34. The average Bonchev–Trinajstić information content (AvgIpc) is 2.74. The van der Waals surface area contributed by atoms with Crippen LogP contribution in [0.4, 0.5) is 0 Å². The number of amides is 1. The number of Topliss-reactive ketones (excluding diaryl/α,β-unsaturated/α-hetero) is 2. The van der Waals surface area contributed by atoms with E-state index in [-0.39, 0.29) is 29.1 Å². The van der Waals surface area contributed by atoms with Crippen LogP contribution in [0.5, 0.6) is 5.75 Å². The maximum absolute atomic E-state index is 14.1. The number of phenolic OH excluding ortho intramolecular Hbond substituents is 1. The van der Waals surface area contributed by atoms with E-state index < -0.39 is 63.9 Å². The smallest absolute Gasteiger partial charge is 0.230 e. The molecule has 38 heavy (non-hydrogen) atoms. The Bertz CT molecular complexity index is 1190. The number of ketones is 2. The second-order valence-corrected chi connectivity index (χ2v) is 14.1. The van der Waals surface area contributed by atoms with Crippen molar-refractivity contribution in [2.24, 2.45) is 45.7 Å². The number of aliphatic hydroxyl groups excluding tert-OH is 2. The second-order valence-electron chi connectivity index (χ2n) is 14.1. The van der Waals surface area contributed by atoms with Crippen LogP contribution in [-0.4, -0.2) is 55.7 Å². The van der Waals surface area contributed by atoms with Crippen LogP contribution in [0.3, 0.4) is 0 Å². The molecule has 0 bridgehead atoms. The SMILES string of the molecule is CC(C)[C@H]1C(O)[C@@H](C(N)=O)C(=O)[C@]2(O)C(O)[C@H]3C(=O)c4c(O)ccc(CCC(C)(C)C)c4C[C@]3(C)C[C@]12C. The predicted octanol–water partition coefficient (Wildman–Crippen LogP) is 2.55. The summed E-state index contributed by atoms with van der Waals surface area (Å²) in [4.78, 5) is 40.1. The summed E-state index contributed by atoms with van der Waals surface area (Å²) in [5.74, 6) is -6.78. The van der Waals surface area contributed by atoms with E-state index in [1.54, 1.807) is 6.92 Å². The lowest BCUT2D eigenvalue weighted by Crippen LogP contribution is -2.79. The van der Waals surface area contributed by atoms with Gasteiger partial charge in [0.15, 0.2) is 17.2 Å². The quantitative estimate of drug-likeness (QED) is 0.375. The van der Waals surface area contributed by atoms with Gasteiger partial charge in [0.05, 0.1) is 17.6 Å². The Morgan fingerprint density at radius 1 is 1.16 bits per heavy atom. The fraction of sp³-hybridized carbons (Fsp3) is 0.700. The Kier molecular flexibility index (Phi) is 6.70. The van der Waals surface area contributed by atoms with Crippen molar-refractivity contribution in [1.82, 2.24) is 0 Å². The summed E-state index contributed by atoms with van der Waals surface area (Å²) in [6.07, 6.45) is -1.22. The van der Waals surface area contributed by atoms with Gasteiger partial charge in [0.2, 0.25) is 5.91 Å². The van der Waals surface area contributed by atoms with Gasteiger partial charge in [-0.25, -0.2) is 0 Å². The highest BCUT2D eigenvalue weighted by molar-refractivity contribution is 6.09. The third-order valence-electron chi connectivity index (χ3n) is 9.91. The first-order valence-corrected chi connectivity index (χ1v) is 13.6. The lowest BCUT2D eigenvalue weighted by Gasteiger charge is -2.66. The summed E-state index contributed by atoms with van der Waals surface area (Å²) in [5, 5.41) is 46.0. The van der Waals surface area contributed by atoms with Gasteiger partial charge < -0.3 is 26.2 Å². The molecule has 4 rings (SSSR count). The second kappa shape index (κ2) is 8.86. The molecule has 0 spiro atoms. The van der Waals surface area contributed by atoms with Crippen molar-refractivity contribution < 1.29 is 34.8 Å². The summed E-state index contributed by atoms with van der Waals surface area (Å²) in [7, 11) is 0. The van der Waals surface area contributed by atoms with Gasteiger partial charge in [-0.2, -0.15) is 0 Å². The van der Waals surface area contributed by atoms with Crippen molar-refractivity contribution in [3.05, 3.63) is 28.8 Å². The van der Waals surface area contributed by atoms with E-state index in [4.69, 9.17) is 5.73 Å². The Morgan fingerprint density at radius 2 is 1.76 bits per heavy atom. The van der Waals surface area contributed by atoms with Gasteiger partial charge in [-0.1, -0.05) is 54.5 Å². The van der Waals surface area contributed by atoms with Crippen LogP contribution >= 0.6 is 0 Å². The first-order valence-electron chi connectivity index (χ1n) is 13.6. The monoisotopic (exact) mass is 529 g/mol. The van der Waals surface area contributed by atoms with E-state index >= 15 is 0 Å². The highest BCUT2D eigenvalue weighted by atomic mass is 16.4. The Hall–Kier alpha value is -2.29. The molecule has 1 aromatic rings. The molecule has 0 aromatic heterocycles. The number of benzene rings is 1. The molecule has 3 aliphatic carbocycles. The zero-order valence-corrected chi connectivity index (χ0v) is 23.5. The van der Waals surface area contributed by atoms with E-state index in [0.717, 1.165) is 17.5 Å². The molecular weight excluding hydrogens is 486 g/mol. The minimum absolute atomic E-state index is 0.0565. The van der Waals surface area contributed by atoms with Gasteiger partial charge in [0, 0.05) is 5.41 Å². The van der Waals surface area contributed by atoms with Crippen LogP contribution in [0.1, 0.15) is 82.8 Å². The van der Waals surface area contributed by atoms with Crippen LogP contribution in [0.15, 0.2) is 12.1 Å². The molecular formula is C30H43NO7. The Labute approximate surface area is 224 Å². The number of primary amides is 1. The molecule has 2 fully saturated rings. The standard InChI is InChI=1S/C30H43NO7/c1-14(2)20-23(34)19(26(31)37)24(35)30(38)25(36)21-22(33)18-16(12-28(21,6)13-29(20,30)7)15(8-9-17(18)32)10-11-27(3,4)5/h8-9,14,19-21,23,25,32,34,36,38H,10-13H2,1-7H3,(H2,31,37)/t19-,20+,21-,23?,25?,28-,29-,30+/m1/s1. The Balaban J connectivity index is 1.91. The van der Waals surface area contributed by atoms with Crippen LogP contribution in [0.25, 0.3) is 0 Å². The van der Waals surface area contributed by atoms with E-state index in [9.17, 15) is 34.8 Å². The number of fused-ring (bicyclic) bond motifs is 3. The van der Waals surface area contributed by atoms with Gasteiger partial charge in [-0.3, -0.25) is 14.4 Å². The molecule has 2 saturated carbocycles. The number of carbonyl (C=O) groups is 3. The number of aromatic hydroxyl groups is 1. The minimum Gasteiger partial charge on any atom is -0.507 e. The highest BCUT2D eigenvalue weighted by Gasteiger charge is 2.75. The first-order chi connectivity index (χ1) is 17.3. The summed E-state index contributed by atoms with van der Waals surface area (Å²) in [5.41, 5.74) is 2.65. The number of aryl methyl sites for hydroxylation is 1. The third-order valence-corrected chi connectivity index (χ3v) is 9.91. The van der Waals surface area contributed by atoms with Crippen LogP contribution in [0, 0.1) is 39.9 Å². The fourth-order valence-corrected chi connectivity index (χ4v) is 8.34. The number of phenols is 1. The van der Waals surface area contributed by atoms with Crippen molar-refractivity contribution in [2.45, 2.75) is 92.0 Å². The first kappa shape index (κ1) is 28.7. The molecule has 8 atom stereocenters. The predicted molar refractivity (Wildman–Crippen MR) is 141 cm³/mol. The zero-order chi connectivity index (χ0) is 28.7. The fourth-order valence-electron chi connectivity index (χ4n) is 8.34. The van der Waals surface area contributed by atoms with Gasteiger partial charge in [-0.15, -0.1) is 0 Å². The molecule has 210 valence electrons. The number of hydrogen-bond acceptors (Lipinski definition) is 7. The van der Waals surface area contributed by atoms with Crippen LogP contribution < -0.4 is 5.73 Å². The van der Waals surface area contributed by atoms with Crippen molar-refractivity contribution in [2.75, 3.05) is 0 Å². The van der Waals surface area contributed by atoms with Gasteiger partial charge in [-0.05, 0) is 65.5 Å². The topological polar surface area (TPSA) is 158 Å². The number of hydrogen-bond donors (Lipinski definition) is 5. The number of rotatable bonds is 4. The van der Waals surface area contributed by atoms with Gasteiger partial charge in [0.1, 0.15) is 17.8 Å². The van der Waals surface area contributed by atoms with Crippen molar-refractivity contribution in [3.8, 4) is 5.75 Å². The molecule has 8 nitrogen and oxygen atoms in total. The van der Waals surface area contributed by atoms with Crippen molar-refractivity contribution in [1.29, 1.82) is 0 Å². The van der Waals surface area contributed by atoms with Crippen LogP contribution in [-0.2, 0) is 22.4 Å². The molecule has 0 radical (unpaired) electrons. The van der Waals surface area contributed by atoms with Crippen LogP contribution in [0.2, 0.25) is 0 Å². The lowest BCUT2D eigenvalue weighted by molar-refractivity contribution is -0.265.